The molecule has 6 heteroatoms. The fraction of sp³-hybridized carbons (Fsp3) is 0.500. The van der Waals surface area contributed by atoms with E-state index in [4.69, 9.17) is 14.6 Å². The van der Waals surface area contributed by atoms with Crippen molar-refractivity contribution in [2.45, 2.75) is 33.2 Å². The summed E-state index contributed by atoms with van der Waals surface area (Å²) in [4.78, 5) is 24.0. The number of carbonyl (C=O) groups is 2. The summed E-state index contributed by atoms with van der Waals surface area (Å²) in [6.07, 6.45) is 0.932. The highest BCUT2D eigenvalue weighted by atomic mass is 16.5. The normalized spacial score (nSPS) is 10.4. The minimum atomic E-state index is -1.04. The monoisotopic (exact) mass is 309 g/mol. The molecule has 0 aliphatic carbocycles. The van der Waals surface area contributed by atoms with Gasteiger partial charge in [-0.25, -0.2) is 0 Å². The van der Waals surface area contributed by atoms with E-state index in [0.29, 0.717) is 12.4 Å². The van der Waals surface area contributed by atoms with E-state index in [1.807, 2.05) is 6.92 Å². The van der Waals surface area contributed by atoms with Crippen LogP contribution < -0.4 is 9.47 Å². The molecule has 22 heavy (non-hydrogen) atoms. The summed E-state index contributed by atoms with van der Waals surface area (Å²) in [6.45, 7) is 5.68. The van der Waals surface area contributed by atoms with Crippen molar-refractivity contribution in [3.63, 3.8) is 0 Å². The van der Waals surface area contributed by atoms with Gasteiger partial charge in [0.15, 0.2) is 6.61 Å². The maximum absolute atomic E-state index is 12.0. The number of carboxylic acids is 1. The van der Waals surface area contributed by atoms with Gasteiger partial charge in [0.1, 0.15) is 18.0 Å². The van der Waals surface area contributed by atoms with Gasteiger partial charge in [0, 0.05) is 6.04 Å². The number of ether oxygens (including phenoxy) is 2. The Morgan fingerprint density at radius 1 is 1.14 bits per heavy atom. The highest BCUT2D eigenvalue weighted by Gasteiger charge is 2.20. The summed E-state index contributed by atoms with van der Waals surface area (Å²) >= 11 is 0. The number of rotatable bonds is 9. The zero-order valence-corrected chi connectivity index (χ0v) is 13.2. The number of hydrogen-bond acceptors (Lipinski definition) is 4. The van der Waals surface area contributed by atoms with Crippen molar-refractivity contribution in [1.82, 2.24) is 4.90 Å². The topological polar surface area (TPSA) is 76.1 Å². The largest absolute Gasteiger partial charge is 0.494 e. The molecule has 0 bridgehead atoms. The van der Waals surface area contributed by atoms with Gasteiger partial charge in [-0.05, 0) is 44.5 Å². The van der Waals surface area contributed by atoms with Crippen molar-refractivity contribution < 1.29 is 24.2 Å². The van der Waals surface area contributed by atoms with Crippen LogP contribution in [-0.2, 0) is 9.59 Å². The van der Waals surface area contributed by atoms with Gasteiger partial charge < -0.3 is 19.5 Å². The maximum atomic E-state index is 12.0. The average molecular weight is 309 g/mol. The van der Waals surface area contributed by atoms with E-state index in [1.54, 1.807) is 38.1 Å². The molecule has 1 N–H and O–H groups in total. The molecule has 0 aliphatic heterocycles. The number of hydrogen-bond donors (Lipinski definition) is 1. The summed E-state index contributed by atoms with van der Waals surface area (Å²) in [6, 6.07) is 6.78. The van der Waals surface area contributed by atoms with Crippen molar-refractivity contribution in [2.24, 2.45) is 0 Å². The first-order valence-corrected chi connectivity index (χ1v) is 7.31. The molecule has 1 aromatic rings. The lowest BCUT2D eigenvalue weighted by atomic mass is 10.3. The summed E-state index contributed by atoms with van der Waals surface area (Å²) in [7, 11) is 0. The molecule has 6 nitrogen and oxygen atoms in total. The van der Waals surface area contributed by atoms with Gasteiger partial charge in [0.25, 0.3) is 5.91 Å². The highest BCUT2D eigenvalue weighted by Crippen LogP contribution is 2.17. The van der Waals surface area contributed by atoms with Crippen molar-refractivity contribution in [1.29, 1.82) is 0 Å². The van der Waals surface area contributed by atoms with Crippen LogP contribution in [0.4, 0.5) is 0 Å². The van der Waals surface area contributed by atoms with Gasteiger partial charge in [-0.1, -0.05) is 6.92 Å². The van der Waals surface area contributed by atoms with E-state index in [1.165, 1.54) is 4.90 Å². The van der Waals surface area contributed by atoms with Gasteiger partial charge in [0.05, 0.1) is 6.61 Å². The third-order valence-corrected chi connectivity index (χ3v) is 2.91. The Balaban J connectivity index is 2.53. The van der Waals surface area contributed by atoms with Crippen LogP contribution in [0.3, 0.4) is 0 Å². The van der Waals surface area contributed by atoms with E-state index in [9.17, 15) is 9.59 Å². The fourth-order valence-electron chi connectivity index (χ4n) is 1.78. The van der Waals surface area contributed by atoms with Gasteiger partial charge >= 0.3 is 5.97 Å². The Kier molecular flexibility index (Phi) is 7.22. The highest BCUT2D eigenvalue weighted by molar-refractivity contribution is 5.82. The molecule has 122 valence electrons. The number of amides is 1. The third kappa shape index (κ3) is 6.03. The molecule has 0 saturated carbocycles. The minimum Gasteiger partial charge on any atom is -0.494 e. The second-order valence-corrected chi connectivity index (χ2v) is 5.12. The molecule has 0 fully saturated rings. The van der Waals surface area contributed by atoms with Crippen molar-refractivity contribution in [3.8, 4) is 11.5 Å². The number of carbonyl (C=O) groups excluding carboxylic acids is 1. The van der Waals surface area contributed by atoms with Crippen LogP contribution in [0, 0.1) is 0 Å². The minimum absolute atomic E-state index is 0.194. The Morgan fingerprint density at radius 3 is 2.14 bits per heavy atom. The molecule has 1 aromatic carbocycles. The predicted molar refractivity (Wildman–Crippen MR) is 82.2 cm³/mol. The first-order valence-electron chi connectivity index (χ1n) is 7.31. The Hall–Kier alpha value is -2.24. The van der Waals surface area contributed by atoms with Crippen LogP contribution in [0.25, 0.3) is 0 Å². The smallest absolute Gasteiger partial charge is 0.323 e. The zero-order chi connectivity index (χ0) is 16.5. The molecule has 0 spiro atoms. The molecule has 0 aromatic heterocycles. The lowest BCUT2D eigenvalue weighted by molar-refractivity contribution is -0.146. The quantitative estimate of drug-likeness (QED) is 0.756. The number of benzene rings is 1. The van der Waals surface area contributed by atoms with Gasteiger partial charge in [-0.2, -0.15) is 0 Å². The fourth-order valence-corrected chi connectivity index (χ4v) is 1.78. The van der Waals surface area contributed by atoms with Crippen LogP contribution in [-0.4, -0.2) is 47.7 Å². The van der Waals surface area contributed by atoms with Crippen LogP contribution in [0.2, 0.25) is 0 Å². The summed E-state index contributed by atoms with van der Waals surface area (Å²) in [5.41, 5.74) is 0. The van der Waals surface area contributed by atoms with Crippen LogP contribution in [0.5, 0.6) is 11.5 Å². The second-order valence-electron chi connectivity index (χ2n) is 5.12. The van der Waals surface area contributed by atoms with E-state index in [2.05, 4.69) is 0 Å². The predicted octanol–water partition coefficient (Wildman–Crippen LogP) is 2.18. The molecule has 0 saturated heterocycles. The molecular weight excluding hydrogens is 286 g/mol. The molecule has 1 rings (SSSR count). The Morgan fingerprint density at radius 2 is 1.68 bits per heavy atom. The molecule has 0 atom stereocenters. The van der Waals surface area contributed by atoms with E-state index in [-0.39, 0.29) is 25.1 Å². The summed E-state index contributed by atoms with van der Waals surface area (Å²) in [5, 5.41) is 8.82. The van der Waals surface area contributed by atoms with Gasteiger partial charge in [-0.3, -0.25) is 9.59 Å². The van der Waals surface area contributed by atoms with Gasteiger partial charge in [0.2, 0.25) is 0 Å². The maximum Gasteiger partial charge on any atom is 0.323 e. The molecule has 0 unspecified atom stereocenters. The lowest BCUT2D eigenvalue weighted by Gasteiger charge is -2.24. The SMILES string of the molecule is CCCOc1ccc(OCC(=O)N(CC(=O)O)C(C)C)cc1. The summed E-state index contributed by atoms with van der Waals surface area (Å²) < 4.78 is 10.9. The van der Waals surface area contributed by atoms with Crippen LogP contribution >= 0.6 is 0 Å². The Labute approximate surface area is 130 Å². The molecule has 0 radical (unpaired) electrons. The number of aliphatic carboxylic acids is 1. The second kappa shape index (κ2) is 8.92. The molecule has 0 aliphatic rings. The van der Waals surface area contributed by atoms with E-state index < -0.39 is 5.97 Å². The zero-order valence-electron chi connectivity index (χ0n) is 13.2. The molecular formula is C16H23NO5. The van der Waals surface area contributed by atoms with Crippen molar-refractivity contribution >= 4 is 11.9 Å². The van der Waals surface area contributed by atoms with Crippen LogP contribution in [0.15, 0.2) is 24.3 Å². The Bertz CT molecular complexity index is 484. The number of nitrogens with zero attached hydrogens (tertiary/aromatic N) is 1. The molecule has 1 amide bonds. The number of carboxylic acid groups (broad SMARTS) is 1. The molecule has 0 heterocycles. The first kappa shape index (κ1) is 17.8. The lowest BCUT2D eigenvalue weighted by Crippen LogP contribution is -2.43. The first-order chi connectivity index (χ1) is 10.4. The third-order valence-electron chi connectivity index (χ3n) is 2.91. The van der Waals surface area contributed by atoms with Crippen molar-refractivity contribution in [2.75, 3.05) is 19.8 Å². The van der Waals surface area contributed by atoms with E-state index >= 15 is 0 Å². The average Bonchev–Trinajstić information content (AvgIpc) is 2.48. The standard InChI is InChI=1S/C16H23NO5/c1-4-9-21-13-5-7-14(8-6-13)22-11-15(18)17(12(2)3)10-16(19)20/h5-8,12H,4,9-11H2,1-3H3,(H,19,20). The van der Waals surface area contributed by atoms with Crippen molar-refractivity contribution in [3.05, 3.63) is 24.3 Å². The van der Waals surface area contributed by atoms with Crippen LogP contribution in [0.1, 0.15) is 27.2 Å². The van der Waals surface area contributed by atoms with Gasteiger partial charge in [-0.15, -0.1) is 0 Å². The van der Waals surface area contributed by atoms with E-state index in [0.717, 1.165) is 12.2 Å². The summed E-state index contributed by atoms with van der Waals surface area (Å²) in [5.74, 6) is -0.116.